The number of halogens is 3. The van der Waals surface area contributed by atoms with E-state index in [1.54, 1.807) is 4.72 Å². The molecule has 0 saturated heterocycles. The summed E-state index contributed by atoms with van der Waals surface area (Å²) in [6.07, 6.45) is 0. The number of thiophene rings is 1. The average Bonchev–Trinajstić information content (AvgIpc) is 2.83. The lowest BCUT2D eigenvalue weighted by atomic mass is 10.3. The minimum absolute atomic E-state index is 0.218. The van der Waals surface area contributed by atoms with Gasteiger partial charge < -0.3 is 5.11 Å². The van der Waals surface area contributed by atoms with Crippen LogP contribution < -0.4 is 4.72 Å². The first-order valence-electron chi connectivity index (χ1n) is 5.19. The maximum absolute atomic E-state index is 13.4. The Morgan fingerprint density at radius 3 is 2.25 bits per heavy atom. The van der Waals surface area contributed by atoms with Crippen LogP contribution in [0.3, 0.4) is 0 Å². The van der Waals surface area contributed by atoms with Gasteiger partial charge in [-0.2, -0.15) is 0 Å². The third kappa shape index (κ3) is 2.94. The predicted octanol–water partition coefficient (Wildman–Crippen LogP) is 2.46. The minimum atomic E-state index is -4.21. The molecule has 0 aliphatic carbocycles. The topological polar surface area (TPSA) is 66.4 Å². The molecule has 0 aliphatic heterocycles. The molecule has 0 radical (unpaired) electrons. The largest absolute Gasteiger partial charge is 0.392 e. The number of aliphatic hydroxyl groups excluding tert-OH is 1. The van der Waals surface area contributed by atoms with Crippen LogP contribution >= 0.6 is 11.3 Å². The minimum Gasteiger partial charge on any atom is -0.392 e. The highest BCUT2D eigenvalue weighted by atomic mass is 32.2. The number of nitrogens with one attached hydrogen (secondary N) is 1. The molecule has 0 saturated carbocycles. The van der Waals surface area contributed by atoms with Gasteiger partial charge in [-0.1, -0.05) is 0 Å². The van der Waals surface area contributed by atoms with Gasteiger partial charge in [0.15, 0.2) is 11.6 Å². The monoisotopic (exact) mass is 323 g/mol. The van der Waals surface area contributed by atoms with Crippen LogP contribution in [0.5, 0.6) is 0 Å². The Morgan fingerprint density at radius 1 is 1.15 bits per heavy atom. The molecule has 1 aromatic heterocycles. The smallest absolute Gasteiger partial charge is 0.271 e. The normalized spacial score (nSPS) is 11.6. The fourth-order valence-electron chi connectivity index (χ4n) is 1.40. The fraction of sp³-hybridized carbons (Fsp3) is 0.0909. The summed E-state index contributed by atoms with van der Waals surface area (Å²) in [5, 5.41) is 10.2. The van der Waals surface area contributed by atoms with Crippen molar-refractivity contribution in [2.75, 3.05) is 4.72 Å². The highest BCUT2D eigenvalue weighted by molar-refractivity contribution is 7.94. The van der Waals surface area contributed by atoms with E-state index in [0.717, 1.165) is 11.3 Å². The Bertz CT molecular complexity index is 720. The lowest BCUT2D eigenvalue weighted by Gasteiger charge is -2.08. The number of hydrogen-bond acceptors (Lipinski definition) is 4. The molecule has 0 atom stereocenters. The molecule has 0 bridgehead atoms. The van der Waals surface area contributed by atoms with Gasteiger partial charge in [-0.05, 0) is 17.0 Å². The zero-order chi connectivity index (χ0) is 14.9. The standard InChI is InChI=1S/C11H8F3NO3S2/c12-7-2-8(13)11(9(14)3-7)15-20(17,18)10-1-6(4-16)5-19-10/h1-3,5,15-16H,4H2. The first-order chi connectivity index (χ1) is 9.33. The van der Waals surface area contributed by atoms with Gasteiger partial charge in [-0.25, -0.2) is 21.6 Å². The van der Waals surface area contributed by atoms with E-state index in [-0.39, 0.29) is 10.8 Å². The van der Waals surface area contributed by atoms with Crippen LogP contribution in [0.1, 0.15) is 5.56 Å². The zero-order valence-corrected chi connectivity index (χ0v) is 11.4. The molecule has 0 fully saturated rings. The summed E-state index contributed by atoms with van der Waals surface area (Å²) in [5.41, 5.74) is -0.597. The van der Waals surface area contributed by atoms with Crippen molar-refractivity contribution in [3.63, 3.8) is 0 Å². The summed E-state index contributed by atoms with van der Waals surface area (Å²) in [4.78, 5) is 0. The van der Waals surface area contributed by atoms with Crippen LogP contribution in [0.25, 0.3) is 0 Å². The molecule has 2 N–H and O–H groups in total. The molecular weight excluding hydrogens is 315 g/mol. The predicted molar refractivity (Wildman–Crippen MR) is 67.4 cm³/mol. The van der Waals surface area contributed by atoms with Crippen molar-refractivity contribution in [1.82, 2.24) is 0 Å². The molecular formula is C11H8F3NO3S2. The molecule has 9 heteroatoms. The molecule has 4 nitrogen and oxygen atoms in total. The lowest BCUT2D eigenvalue weighted by molar-refractivity contribution is 0.282. The van der Waals surface area contributed by atoms with Gasteiger partial charge in [0.1, 0.15) is 15.7 Å². The first kappa shape index (κ1) is 14.8. The van der Waals surface area contributed by atoms with Crippen LogP contribution in [0.15, 0.2) is 27.8 Å². The summed E-state index contributed by atoms with van der Waals surface area (Å²) in [6.45, 7) is -0.356. The molecule has 20 heavy (non-hydrogen) atoms. The average molecular weight is 323 g/mol. The van der Waals surface area contributed by atoms with Gasteiger partial charge in [-0.3, -0.25) is 4.72 Å². The van der Waals surface area contributed by atoms with Crippen molar-refractivity contribution < 1.29 is 26.7 Å². The molecule has 1 aromatic carbocycles. The third-order valence-electron chi connectivity index (χ3n) is 2.32. The second-order valence-corrected chi connectivity index (χ2v) is 6.60. The van der Waals surface area contributed by atoms with Crippen molar-refractivity contribution >= 4 is 27.0 Å². The van der Waals surface area contributed by atoms with Crippen LogP contribution in [0, 0.1) is 17.5 Å². The van der Waals surface area contributed by atoms with E-state index in [4.69, 9.17) is 5.11 Å². The van der Waals surface area contributed by atoms with Crippen molar-refractivity contribution in [1.29, 1.82) is 0 Å². The Balaban J connectivity index is 2.38. The van der Waals surface area contributed by atoms with E-state index in [0.29, 0.717) is 17.7 Å². The Labute approximate surface area is 116 Å². The second kappa shape index (κ2) is 5.43. The van der Waals surface area contributed by atoms with E-state index in [2.05, 4.69) is 0 Å². The summed E-state index contributed by atoms with van der Waals surface area (Å²) >= 11 is 0.786. The molecule has 2 aromatic rings. The Morgan fingerprint density at radius 2 is 1.75 bits per heavy atom. The fourth-order valence-corrected chi connectivity index (χ4v) is 3.68. The highest BCUT2D eigenvalue weighted by Gasteiger charge is 2.21. The van der Waals surface area contributed by atoms with Gasteiger partial charge in [0.2, 0.25) is 0 Å². The maximum Gasteiger partial charge on any atom is 0.271 e. The molecule has 0 amide bonds. The molecule has 0 unspecified atom stereocenters. The van der Waals surface area contributed by atoms with Gasteiger partial charge >= 0.3 is 0 Å². The van der Waals surface area contributed by atoms with Gasteiger partial charge in [0, 0.05) is 12.1 Å². The number of anilines is 1. The maximum atomic E-state index is 13.4. The quantitative estimate of drug-likeness (QED) is 0.908. The number of rotatable bonds is 4. The third-order valence-corrected chi connectivity index (χ3v) is 5.16. The van der Waals surface area contributed by atoms with E-state index in [9.17, 15) is 21.6 Å². The van der Waals surface area contributed by atoms with Crippen LogP contribution in [-0.2, 0) is 16.6 Å². The van der Waals surface area contributed by atoms with Crippen molar-refractivity contribution in [3.8, 4) is 0 Å². The Hall–Kier alpha value is -1.58. The first-order valence-corrected chi connectivity index (χ1v) is 7.55. The van der Waals surface area contributed by atoms with Crippen molar-refractivity contribution in [2.24, 2.45) is 0 Å². The summed E-state index contributed by atoms with van der Waals surface area (Å²) < 4.78 is 64.8. The number of hydrogen-bond donors (Lipinski definition) is 2. The molecule has 1 heterocycles. The molecule has 0 spiro atoms. The summed E-state index contributed by atoms with van der Waals surface area (Å²) in [7, 11) is -4.21. The molecule has 0 aliphatic rings. The second-order valence-electron chi connectivity index (χ2n) is 3.78. The van der Waals surface area contributed by atoms with E-state index in [1.165, 1.54) is 11.4 Å². The lowest BCUT2D eigenvalue weighted by Crippen LogP contribution is -2.14. The van der Waals surface area contributed by atoms with Gasteiger partial charge in [0.05, 0.1) is 6.61 Å². The molecule has 2 rings (SSSR count). The van der Waals surface area contributed by atoms with Gasteiger partial charge in [-0.15, -0.1) is 11.3 Å². The number of aliphatic hydroxyl groups is 1. The highest BCUT2D eigenvalue weighted by Crippen LogP contribution is 2.26. The number of benzene rings is 1. The van der Waals surface area contributed by atoms with Crippen LogP contribution in [-0.4, -0.2) is 13.5 Å². The SMILES string of the molecule is O=S(=O)(Nc1c(F)cc(F)cc1F)c1cc(CO)cs1. The van der Waals surface area contributed by atoms with E-state index >= 15 is 0 Å². The zero-order valence-electron chi connectivity index (χ0n) is 9.73. The summed E-state index contributed by atoms with van der Waals surface area (Å²) in [5.74, 6) is -3.86. The Kier molecular flexibility index (Phi) is 4.02. The molecule has 108 valence electrons. The van der Waals surface area contributed by atoms with Crippen molar-refractivity contribution in [3.05, 3.63) is 46.6 Å². The van der Waals surface area contributed by atoms with Crippen LogP contribution in [0.2, 0.25) is 0 Å². The number of sulfonamides is 1. The van der Waals surface area contributed by atoms with Crippen molar-refractivity contribution in [2.45, 2.75) is 10.8 Å². The van der Waals surface area contributed by atoms with Gasteiger partial charge in [0.25, 0.3) is 10.0 Å². The van der Waals surface area contributed by atoms with E-state index in [1.807, 2.05) is 0 Å². The summed E-state index contributed by atoms with van der Waals surface area (Å²) in [6, 6.07) is 1.91. The van der Waals surface area contributed by atoms with E-state index < -0.39 is 33.2 Å². The van der Waals surface area contributed by atoms with Crippen LogP contribution in [0.4, 0.5) is 18.9 Å².